The van der Waals surface area contributed by atoms with Crippen LogP contribution in [0, 0.1) is 5.92 Å². The van der Waals surface area contributed by atoms with E-state index in [1.165, 1.54) is 30.4 Å². The molecule has 1 saturated carbocycles. The van der Waals surface area contributed by atoms with Crippen LogP contribution >= 0.6 is 23.2 Å². The summed E-state index contributed by atoms with van der Waals surface area (Å²) in [6.07, 6.45) is 1.97. The van der Waals surface area contributed by atoms with E-state index in [1.807, 2.05) is 0 Å². The predicted octanol–water partition coefficient (Wildman–Crippen LogP) is 5.06. The maximum absolute atomic E-state index is 13.3. The van der Waals surface area contributed by atoms with E-state index in [2.05, 4.69) is 0 Å². The van der Waals surface area contributed by atoms with Gasteiger partial charge in [-0.1, -0.05) is 23.2 Å². The smallest absolute Gasteiger partial charge is 0.414 e. The number of allylic oxidation sites excluding steroid dienone is 1. The average molecular weight is 428 g/mol. The van der Waals surface area contributed by atoms with Crippen molar-refractivity contribution in [2.24, 2.45) is 5.92 Å². The van der Waals surface area contributed by atoms with Crippen LogP contribution in [-0.4, -0.2) is 37.4 Å². The molecule has 2 rings (SSSR count). The molecule has 0 unspecified atom stereocenters. The van der Waals surface area contributed by atoms with Gasteiger partial charge in [0.1, 0.15) is 5.57 Å². The van der Waals surface area contributed by atoms with Gasteiger partial charge >= 0.3 is 6.09 Å². The Balaban J connectivity index is 2.63. The maximum atomic E-state index is 13.3. The molecule has 0 aromatic heterocycles. The van der Waals surface area contributed by atoms with Crippen LogP contribution in [0.1, 0.15) is 44.0 Å². The minimum atomic E-state index is -0.697. The second-order valence-electron chi connectivity index (χ2n) is 6.65. The molecule has 1 fully saturated rings. The van der Waals surface area contributed by atoms with Crippen LogP contribution in [0.15, 0.2) is 24.0 Å². The number of carbonyl (C=O) groups is 3. The normalized spacial score (nSPS) is 14.0. The second kappa shape index (κ2) is 9.43. The highest BCUT2D eigenvalue weighted by Crippen LogP contribution is 2.40. The largest absolute Gasteiger partial charge is 0.501 e. The van der Waals surface area contributed by atoms with E-state index in [1.54, 1.807) is 20.8 Å². The van der Waals surface area contributed by atoms with Crippen molar-refractivity contribution in [2.45, 2.75) is 39.7 Å². The van der Waals surface area contributed by atoms with Gasteiger partial charge in [0.15, 0.2) is 5.78 Å². The first-order valence-corrected chi connectivity index (χ1v) is 9.75. The van der Waals surface area contributed by atoms with Crippen LogP contribution in [0.25, 0.3) is 0 Å². The van der Waals surface area contributed by atoms with Crippen LogP contribution in [0.4, 0.5) is 10.5 Å². The van der Waals surface area contributed by atoms with Crippen molar-refractivity contribution in [2.75, 3.05) is 18.6 Å². The topological polar surface area (TPSA) is 72.9 Å². The van der Waals surface area contributed by atoms with Gasteiger partial charge in [-0.15, -0.1) is 0 Å². The molecule has 0 atom stereocenters. The summed E-state index contributed by atoms with van der Waals surface area (Å²) in [4.78, 5) is 39.6. The fourth-order valence-electron chi connectivity index (χ4n) is 2.72. The lowest BCUT2D eigenvalue weighted by molar-refractivity contribution is -0.116. The van der Waals surface area contributed by atoms with E-state index in [0.717, 1.165) is 12.8 Å². The molecule has 0 radical (unpaired) electrons. The summed E-state index contributed by atoms with van der Waals surface area (Å²) < 4.78 is 10.1. The molecule has 152 valence electrons. The van der Waals surface area contributed by atoms with Gasteiger partial charge in [0.25, 0.3) is 0 Å². The third kappa shape index (κ3) is 4.67. The van der Waals surface area contributed by atoms with Gasteiger partial charge < -0.3 is 9.47 Å². The van der Waals surface area contributed by atoms with E-state index in [9.17, 15) is 14.4 Å². The first-order chi connectivity index (χ1) is 13.2. The standard InChI is InChI=1S/C20H23Cl2NO5/c1-5-28-10-14(18(24)12-6-7-12)19(25)13-8-9-15(21)16(22)17(13)23(11(2)3)20(26)27-4/h8-12H,5-7H2,1-4H3. The molecule has 0 N–H and O–H groups in total. The van der Waals surface area contributed by atoms with Crippen LogP contribution in [0.3, 0.4) is 0 Å². The molecule has 0 spiro atoms. The molecule has 0 bridgehead atoms. The van der Waals surface area contributed by atoms with Gasteiger partial charge in [-0.25, -0.2) is 4.79 Å². The zero-order valence-electron chi connectivity index (χ0n) is 16.3. The Bertz CT molecular complexity index is 815. The maximum Gasteiger partial charge on any atom is 0.414 e. The predicted molar refractivity (Wildman–Crippen MR) is 108 cm³/mol. The number of carbonyl (C=O) groups excluding carboxylic acids is 3. The van der Waals surface area contributed by atoms with E-state index in [-0.39, 0.29) is 44.6 Å². The quantitative estimate of drug-likeness (QED) is 0.190. The second-order valence-corrected chi connectivity index (χ2v) is 7.43. The third-order valence-electron chi connectivity index (χ3n) is 4.27. The SMILES string of the molecule is CCOC=C(C(=O)c1ccc(Cl)c(Cl)c1N(C(=O)OC)C(C)C)C(=O)C1CC1. The van der Waals surface area contributed by atoms with Crippen LogP contribution in [0.5, 0.6) is 0 Å². The third-order valence-corrected chi connectivity index (χ3v) is 5.06. The molecule has 6 nitrogen and oxygen atoms in total. The minimum Gasteiger partial charge on any atom is -0.501 e. The Labute approximate surface area is 174 Å². The number of benzene rings is 1. The summed E-state index contributed by atoms with van der Waals surface area (Å²) in [6, 6.07) is 2.52. The molecule has 0 heterocycles. The highest BCUT2D eigenvalue weighted by atomic mass is 35.5. The molecule has 1 aliphatic carbocycles. The first-order valence-electron chi connectivity index (χ1n) is 9.00. The summed E-state index contributed by atoms with van der Waals surface area (Å²) in [5, 5.41) is 0.202. The minimum absolute atomic E-state index is 0.0289. The zero-order valence-corrected chi connectivity index (χ0v) is 17.8. The number of hydrogen-bond acceptors (Lipinski definition) is 5. The van der Waals surface area contributed by atoms with Crippen molar-refractivity contribution in [3.8, 4) is 0 Å². The highest BCUT2D eigenvalue weighted by Gasteiger charge is 2.37. The highest BCUT2D eigenvalue weighted by molar-refractivity contribution is 6.45. The number of ether oxygens (including phenoxy) is 2. The number of Topliss-reactive ketones (excluding diaryl/α,β-unsaturated/α-hetero) is 2. The summed E-state index contributed by atoms with van der Waals surface area (Å²) in [5.41, 5.74) is 0.109. The first kappa shape index (κ1) is 22.2. The Hall–Kier alpha value is -2.05. The summed E-state index contributed by atoms with van der Waals surface area (Å²) in [6.45, 7) is 5.55. The average Bonchev–Trinajstić information content (AvgIpc) is 3.50. The van der Waals surface area contributed by atoms with Crippen LogP contribution < -0.4 is 4.90 Å². The molecule has 28 heavy (non-hydrogen) atoms. The Morgan fingerprint density at radius 1 is 1.25 bits per heavy atom. The number of anilines is 1. The molecule has 1 amide bonds. The van der Waals surface area contributed by atoms with Gasteiger partial charge in [0.05, 0.1) is 35.7 Å². The number of halogens is 2. The van der Waals surface area contributed by atoms with Crippen molar-refractivity contribution in [1.82, 2.24) is 0 Å². The van der Waals surface area contributed by atoms with Gasteiger partial charge in [-0.05, 0) is 45.7 Å². The number of hydrogen-bond donors (Lipinski definition) is 0. The molecular weight excluding hydrogens is 405 g/mol. The number of amides is 1. The number of nitrogens with zero attached hydrogens (tertiary/aromatic N) is 1. The van der Waals surface area contributed by atoms with Gasteiger partial charge in [0, 0.05) is 17.5 Å². The Kier molecular flexibility index (Phi) is 7.49. The Morgan fingerprint density at radius 3 is 2.39 bits per heavy atom. The van der Waals surface area contributed by atoms with Gasteiger partial charge in [0.2, 0.25) is 5.78 Å². The van der Waals surface area contributed by atoms with Crippen molar-refractivity contribution in [3.05, 3.63) is 39.6 Å². The summed E-state index contributed by atoms with van der Waals surface area (Å²) in [7, 11) is 1.23. The molecule has 1 aromatic rings. The summed E-state index contributed by atoms with van der Waals surface area (Å²) >= 11 is 12.5. The molecule has 0 saturated heterocycles. The lowest BCUT2D eigenvalue weighted by Crippen LogP contribution is -2.38. The lowest BCUT2D eigenvalue weighted by atomic mass is 9.96. The number of ketones is 2. The van der Waals surface area contributed by atoms with Crippen molar-refractivity contribution in [1.29, 1.82) is 0 Å². The monoisotopic (exact) mass is 427 g/mol. The van der Waals surface area contributed by atoms with E-state index >= 15 is 0 Å². The molecule has 8 heteroatoms. The van der Waals surface area contributed by atoms with Crippen molar-refractivity contribution >= 4 is 46.5 Å². The van der Waals surface area contributed by atoms with E-state index in [4.69, 9.17) is 32.7 Å². The molecule has 0 aliphatic heterocycles. The van der Waals surface area contributed by atoms with Crippen molar-refractivity contribution in [3.63, 3.8) is 0 Å². The van der Waals surface area contributed by atoms with E-state index in [0.29, 0.717) is 6.61 Å². The van der Waals surface area contributed by atoms with Crippen molar-refractivity contribution < 1.29 is 23.9 Å². The fraction of sp³-hybridized carbons (Fsp3) is 0.450. The van der Waals surface area contributed by atoms with Crippen LogP contribution in [-0.2, 0) is 14.3 Å². The molecule has 1 aliphatic rings. The zero-order chi connectivity index (χ0) is 21.0. The molecule has 1 aromatic carbocycles. The lowest BCUT2D eigenvalue weighted by Gasteiger charge is -2.28. The van der Waals surface area contributed by atoms with Gasteiger partial charge in [-0.3, -0.25) is 14.5 Å². The summed E-state index contributed by atoms with van der Waals surface area (Å²) in [5.74, 6) is -1.03. The van der Waals surface area contributed by atoms with Gasteiger partial charge in [-0.2, -0.15) is 0 Å². The fourth-order valence-corrected chi connectivity index (χ4v) is 3.13. The Morgan fingerprint density at radius 2 is 1.89 bits per heavy atom. The number of methoxy groups -OCH3 is 1. The number of rotatable bonds is 8. The molecular formula is C20H23Cl2NO5. The van der Waals surface area contributed by atoms with Crippen LogP contribution in [0.2, 0.25) is 10.0 Å². The van der Waals surface area contributed by atoms with E-state index < -0.39 is 11.9 Å².